The third-order valence-corrected chi connectivity index (χ3v) is 8.37. The zero-order chi connectivity index (χ0) is 16.5. The standard InChI is InChI=1S/C11H11NO6S4/c1-21(15,16)9-4-2-7(19-9)6-12-22(17,18)10-5-3-8(20-10)11(13)14/h2-5,12H,6H2,1H3,(H,13,14). The molecule has 0 aliphatic rings. The fourth-order valence-corrected chi connectivity index (χ4v) is 5.67. The molecule has 0 aliphatic carbocycles. The van der Waals surface area contributed by atoms with Gasteiger partial charge in [-0.05, 0) is 24.3 Å². The molecule has 2 N–H and O–H groups in total. The quantitative estimate of drug-likeness (QED) is 0.781. The minimum atomic E-state index is -3.83. The van der Waals surface area contributed by atoms with Crippen molar-refractivity contribution in [3.63, 3.8) is 0 Å². The molecule has 0 bridgehead atoms. The molecule has 2 rings (SSSR count). The van der Waals surface area contributed by atoms with Gasteiger partial charge in [-0.2, -0.15) is 0 Å². The summed E-state index contributed by atoms with van der Waals surface area (Å²) in [6, 6.07) is 5.37. The molecule has 0 atom stereocenters. The number of carboxylic acid groups (broad SMARTS) is 1. The van der Waals surface area contributed by atoms with E-state index in [1.165, 1.54) is 24.3 Å². The van der Waals surface area contributed by atoms with Gasteiger partial charge in [-0.3, -0.25) is 0 Å². The van der Waals surface area contributed by atoms with Crippen LogP contribution in [0.25, 0.3) is 0 Å². The summed E-state index contributed by atoms with van der Waals surface area (Å²) in [6.45, 7) is -0.0666. The number of hydrogen-bond acceptors (Lipinski definition) is 7. The zero-order valence-corrected chi connectivity index (χ0v) is 14.4. The molecule has 22 heavy (non-hydrogen) atoms. The van der Waals surface area contributed by atoms with E-state index in [4.69, 9.17) is 5.11 Å². The van der Waals surface area contributed by atoms with Crippen molar-refractivity contribution < 1.29 is 26.7 Å². The lowest BCUT2D eigenvalue weighted by Crippen LogP contribution is -2.21. The molecule has 2 aromatic rings. The zero-order valence-electron chi connectivity index (χ0n) is 11.1. The Labute approximate surface area is 135 Å². The first-order valence-electron chi connectivity index (χ1n) is 5.71. The van der Waals surface area contributed by atoms with Crippen LogP contribution in [0, 0.1) is 0 Å². The summed E-state index contributed by atoms with van der Waals surface area (Å²) in [5, 5.41) is 8.79. The van der Waals surface area contributed by atoms with Gasteiger partial charge >= 0.3 is 5.97 Å². The molecule has 11 heteroatoms. The van der Waals surface area contributed by atoms with Crippen molar-refractivity contribution in [2.45, 2.75) is 15.0 Å². The fraction of sp³-hybridized carbons (Fsp3) is 0.182. The molecule has 2 heterocycles. The normalized spacial score (nSPS) is 12.4. The number of rotatable bonds is 6. The van der Waals surface area contributed by atoms with Crippen LogP contribution >= 0.6 is 22.7 Å². The smallest absolute Gasteiger partial charge is 0.345 e. The highest BCUT2D eigenvalue weighted by Gasteiger charge is 2.19. The molecule has 0 fully saturated rings. The molecule has 7 nitrogen and oxygen atoms in total. The second-order valence-corrected chi connectivity index (χ2v) is 10.7. The summed E-state index contributed by atoms with van der Waals surface area (Å²) in [4.78, 5) is 11.2. The van der Waals surface area contributed by atoms with E-state index >= 15 is 0 Å². The van der Waals surface area contributed by atoms with Gasteiger partial charge in [-0.15, -0.1) is 22.7 Å². The first-order chi connectivity index (χ1) is 10.1. The van der Waals surface area contributed by atoms with E-state index in [1.54, 1.807) is 0 Å². The van der Waals surface area contributed by atoms with Crippen LogP contribution < -0.4 is 4.72 Å². The van der Waals surface area contributed by atoms with E-state index in [0.29, 0.717) is 16.2 Å². The molecule has 0 unspecified atom stereocenters. The van der Waals surface area contributed by atoms with Gasteiger partial charge in [0.05, 0.1) is 0 Å². The highest BCUT2D eigenvalue weighted by molar-refractivity contribution is 7.92. The highest BCUT2D eigenvalue weighted by Crippen LogP contribution is 2.24. The van der Waals surface area contributed by atoms with Crippen LogP contribution in [-0.4, -0.2) is 34.2 Å². The number of sulfonamides is 1. The van der Waals surface area contributed by atoms with E-state index in [2.05, 4.69) is 4.72 Å². The van der Waals surface area contributed by atoms with Gasteiger partial charge in [0.1, 0.15) is 13.3 Å². The average molecular weight is 381 g/mol. The maximum Gasteiger partial charge on any atom is 0.345 e. The lowest BCUT2D eigenvalue weighted by Gasteiger charge is -2.02. The molecule has 0 saturated carbocycles. The summed E-state index contributed by atoms with van der Waals surface area (Å²) >= 11 is 1.63. The molecule has 0 radical (unpaired) electrons. The molecule has 2 aromatic heterocycles. The van der Waals surface area contributed by atoms with Crippen molar-refractivity contribution in [1.82, 2.24) is 4.72 Å². The second kappa shape index (κ2) is 6.08. The summed E-state index contributed by atoms with van der Waals surface area (Å²) < 4.78 is 49.1. The molecule has 0 aromatic carbocycles. The Morgan fingerprint density at radius 2 is 1.73 bits per heavy atom. The number of sulfone groups is 1. The third kappa shape index (κ3) is 3.93. The van der Waals surface area contributed by atoms with Crippen molar-refractivity contribution in [2.24, 2.45) is 0 Å². The Morgan fingerprint density at radius 3 is 2.23 bits per heavy atom. The lowest BCUT2D eigenvalue weighted by atomic mass is 10.5. The van der Waals surface area contributed by atoms with Crippen LogP contribution in [0.2, 0.25) is 0 Å². The van der Waals surface area contributed by atoms with Gasteiger partial charge < -0.3 is 5.11 Å². The SMILES string of the molecule is CS(=O)(=O)c1ccc(CNS(=O)(=O)c2ccc(C(=O)O)s2)s1. The maximum atomic E-state index is 12.0. The molecular formula is C11H11NO6S4. The van der Waals surface area contributed by atoms with Gasteiger partial charge in [0.25, 0.3) is 0 Å². The van der Waals surface area contributed by atoms with Gasteiger partial charge in [-0.25, -0.2) is 26.4 Å². The number of hydrogen-bond donors (Lipinski definition) is 2. The van der Waals surface area contributed by atoms with Crippen LogP contribution in [0.4, 0.5) is 0 Å². The molecule has 0 saturated heterocycles. The first-order valence-corrected chi connectivity index (χ1v) is 10.7. The van der Waals surface area contributed by atoms with E-state index < -0.39 is 25.8 Å². The Kier molecular flexibility index (Phi) is 4.73. The topological polar surface area (TPSA) is 118 Å². The van der Waals surface area contributed by atoms with Crippen LogP contribution in [0.15, 0.2) is 32.7 Å². The summed E-state index contributed by atoms with van der Waals surface area (Å²) in [5.74, 6) is -1.19. The fourth-order valence-electron chi connectivity index (χ4n) is 1.47. The Balaban J connectivity index is 2.12. The van der Waals surface area contributed by atoms with E-state index in [-0.39, 0.29) is 19.8 Å². The largest absolute Gasteiger partial charge is 0.477 e. The van der Waals surface area contributed by atoms with Crippen molar-refractivity contribution in [1.29, 1.82) is 0 Å². The number of thiophene rings is 2. The first kappa shape index (κ1) is 17.1. The number of nitrogens with one attached hydrogen (secondary N) is 1. The van der Waals surface area contributed by atoms with Crippen LogP contribution in [0.1, 0.15) is 14.5 Å². The number of carbonyl (C=O) groups is 1. The van der Waals surface area contributed by atoms with E-state index in [1.807, 2.05) is 0 Å². The number of carboxylic acids is 1. The van der Waals surface area contributed by atoms with Crippen molar-refractivity contribution in [3.05, 3.63) is 34.0 Å². The second-order valence-electron chi connectivity index (χ2n) is 4.24. The van der Waals surface area contributed by atoms with Crippen LogP contribution in [-0.2, 0) is 26.4 Å². The maximum absolute atomic E-state index is 12.0. The highest BCUT2D eigenvalue weighted by atomic mass is 32.2. The minimum Gasteiger partial charge on any atom is -0.477 e. The molecule has 120 valence electrons. The predicted octanol–water partition coefficient (Wildman–Crippen LogP) is 1.39. The van der Waals surface area contributed by atoms with Crippen molar-refractivity contribution in [3.8, 4) is 0 Å². The van der Waals surface area contributed by atoms with Gasteiger partial charge in [-0.1, -0.05) is 0 Å². The van der Waals surface area contributed by atoms with Gasteiger partial charge in [0.15, 0.2) is 9.84 Å². The lowest BCUT2D eigenvalue weighted by molar-refractivity contribution is 0.0702. The molecule has 0 spiro atoms. The predicted molar refractivity (Wildman–Crippen MR) is 82.7 cm³/mol. The van der Waals surface area contributed by atoms with Gasteiger partial charge in [0.2, 0.25) is 10.0 Å². The van der Waals surface area contributed by atoms with Crippen LogP contribution in [0.3, 0.4) is 0 Å². The van der Waals surface area contributed by atoms with Gasteiger partial charge in [0, 0.05) is 17.7 Å². The van der Waals surface area contributed by atoms with E-state index in [0.717, 1.165) is 17.6 Å². The Morgan fingerprint density at radius 1 is 1.09 bits per heavy atom. The van der Waals surface area contributed by atoms with Crippen LogP contribution in [0.5, 0.6) is 0 Å². The third-order valence-electron chi connectivity index (χ3n) is 2.50. The monoisotopic (exact) mass is 381 g/mol. The summed E-state index contributed by atoms with van der Waals surface area (Å²) in [7, 11) is -7.15. The average Bonchev–Trinajstić information content (AvgIpc) is 3.05. The molecule has 0 amide bonds. The molecular weight excluding hydrogens is 370 g/mol. The Bertz CT molecular complexity index is 906. The summed E-state index contributed by atoms with van der Waals surface area (Å²) in [6.07, 6.45) is 1.08. The van der Waals surface area contributed by atoms with Crippen molar-refractivity contribution in [2.75, 3.05) is 6.26 Å². The molecule has 0 aliphatic heterocycles. The Hall–Kier alpha value is -1.27. The minimum absolute atomic E-state index is 0.0666. The number of aromatic carboxylic acids is 1. The summed E-state index contributed by atoms with van der Waals surface area (Å²) in [5.41, 5.74) is 0. The van der Waals surface area contributed by atoms with Crippen molar-refractivity contribution >= 4 is 48.5 Å². The van der Waals surface area contributed by atoms with E-state index in [9.17, 15) is 21.6 Å².